The predicted molar refractivity (Wildman–Crippen MR) is 69.9 cm³/mol. The summed E-state index contributed by atoms with van der Waals surface area (Å²) >= 11 is 1.93. The van der Waals surface area contributed by atoms with Gasteiger partial charge >= 0.3 is 6.18 Å². The molecule has 1 heterocycles. The summed E-state index contributed by atoms with van der Waals surface area (Å²) in [6.07, 6.45) is 3.56. The first-order valence-corrected chi connectivity index (χ1v) is 8.13. The minimum atomic E-state index is -3.98. The average Bonchev–Trinajstić information content (AvgIpc) is 2.38. The molecule has 2 rings (SSSR count). The number of hydrogen-bond acceptors (Lipinski definition) is 2. The third-order valence-electron chi connectivity index (χ3n) is 4.49. The van der Waals surface area contributed by atoms with Gasteiger partial charge in [-0.3, -0.25) is 0 Å². The Morgan fingerprint density at radius 1 is 0.944 bits per heavy atom. The molecular weight excluding hydrogens is 259 g/mol. The van der Waals surface area contributed by atoms with Gasteiger partial charge in [0.05, 0.1) is 5.92 Å². The van der Waals surface area contributed by atoms with Crippen LogP contribution in [0, 0.1) is 5.92 Å². The quantitative estimate of drug-likeness (QED) is 0.754. The number of likely N-dealkylation sites (tertiary alicyclic amines) is 1. The maximum Gasteiger partial charge on any atom is 0.391 e. The first kappa shape index (κ1) is 14.5. The summed E-state index contributed by atoms with van der Waals surface area (Å²) < 4.78 is 37.8. The van der Waals surface area contributed by atoms with E-state index in [0.29, 0.717) is 32.0 Å². The molecule has 0 aromatic heterocycles. The van der Waals surface area contributed by atoms with Gasteiger partial charge in [-0.05, 0) is 57.9 Å². The Labute approximate surface area is 111 Å². The zero-order valence-electron chi connectivity index (χ0n) is 10.9. The largest absolute Gasteiger partial charge is 0.391 e. The fraction of sp³-hybridized carbons (Fsp3) is 1.00. The normalized spacial score (nSPS) is 32.7. The Morgan fingerprint density at radius 3 is 1.94 bits per heavy atom. The number of nitrogens with zero attached hydrogens (tertiary/aromatic N) is 1. The van der Waals surface area contributed by atoms with Gasteiger partial charge in [-0.15, -0.1) is 0 Å². The highest BCUT2D eigenvalue weighted by atomic mass is 32.2. The average molecular weight is 281 g/mol. The van der Waals surface area contributed by atoms with Crippen LogP contribution in [-0.4, -0.2) is 41.7 Å². The molecule has 0 spiro atoms. The molecule has 0 atom stereocenters. The van der Waals surface area contributed by atoms with Crippen molar-refractivity contribution in [2.24, 2.45) is 5.92 Å². The van der Waals surface area contributed by atoms with E-state index in [1.54, 1.807) is 0 Å². The molecule has 1 aliphatic carbocycles. The molecule has 2 aliphatic rings. The maximum absolute atomic E-state index is 12.6. The van der Waals surface area contributed by atoms with Gasteiger partial charge in [0.15, 0.2) is 0 Å². The van der Waals surface area contributed by atoms with E-state index in [9.17, 15) is 13.2 Å². The molecule has 5 heteroatoms. The van der Waals surface area contributed by atoms with Crippen molar-refractivity contribution in [2.75, 3.05) is 19.3 Å². The molecular formula is C13H22F3NS. The summed E-state index contributed by atoms with van der Waals surface area (Å²) in [7, 11) is 0. The lowest BCUT2D eigenvalue weighted by Gasteiger charge is -2.40. The van der Waals surface area contributed by atoms with Gasteiger partial charge in [-0.1, -0.05) is 0 Å². The van der Waals surface area contributed by atoms with Crippen molar-refractivity contribution in [1.29, 1.82) is 0 Å². The van der Waals surface area contributed by atoms with E-state index in [2.05, 4.69) is 11.2 Å². The van der Waals surface area contributed by atoms with E-state index in [4.69, 9.17) is 0 Å². The highest BCUT2D eigenvalue weighted by Crippen LogP contribution is 2.36. The monoisotopic (exact) mass is 281 g/mol. The number of hydrogen-bond donors (Lipinski definition) is 0. The second-order valence-corrected chi connectivity index (χ2v) is 6.66. The minimum Gasteiger partial charge on any atom is -0.300 e. The summed E-state index contributed by atoms with van der Waals surface area (Å²) in [6, 6.07) is 0.544. The molecule has 1 saturated carbocycles. The smallest absolute Gasteiger partial charge is 0.300 e. The molecule has 0 aromatic rings. The van der Waals surface area contributed by atoms with E-state index >= 15 is 0 Å². The van der Waals surface area contributed by atoms with Crippen LogP contribution < -0.4 is 0 Å². The first-order valence-electron chi connectivity index (χ1n) is 6.84. The lowest BCUT2D eigenvalue weighted by atomic mass is 9.89. The lowest BCUT2D eigenvalue weighted by Crippen LogP contribution is -2.45. The fourth-order valence-corrected chi connectivity index (χ4v) is 3.98. The molecule has 106 valence electrons. The zero-order chi connectivity index (χ0) is 13.2. The Bertz CT molecular complexity index is 253. The second-order valence-electron chi connectivity index (χ2n) is 5.52. The summed E-state index contributed by atoms with van der Waals surface area (Å²) in [5.74, 6) is -1.06. The third kappa shape index (κ3) is 3.56. The second kappa shape index (κ2) is 6.04. The molecule has 1 nitrogen and oxygen atoms in total. The van der Waals surface area contributed by atoms with Crippen LogP contribution in [0.2, 0.25) is 0 Å². The molecule has 0 aromatic carbocycles. The molecule has 0 unspecified atom stereocenters. The summed E-state index contributed by atoms with van der Waals surface area (Å²) in [5.41, 5.74) is 0. The van der Waals surface area contributed by atoms with E-state index in [1.165, 1.54) is 25.7 Å². The number of halogens is 3. The van der Waals surface area contributed by atoms with Crippen molar-refractivity contribution in [2.45, 2.75) is 56.0 Å². The van der Waals surface area contributed by atoms with Crippen LogP contribution in [0.5, 0.6) is 0 Å². The number of thioether (sulfide) groups is 1. The molecule has 1 saturated heterocycles. The van der Waals surface area contributed by atoms with Gasteiger partial charge in [-0.2, -0.15) is 24.9 Å². The first-order chi connectivity index (χ1) is 8.50. The molecule has 1 aliphatic heterocycles. The number of piperidine rings is 1. The Balaban J connectivity index is 1.77. The third-order valence-corrected chi connectivity index (χ3v) is 5.62. The lowest BCUT2D eigenvalue weighted by molar-refractivity contribution is -0.186. The highest BCUT2D eigenvalue weighted by molar-refractivity contribution is 7.99. The van der Waals surface area contributed by atoms with Crippen LogP contribution in [-0.2, 0) is 0 Å². The molecule has 0 amide bonds. The van der Waals surface area contributed by atoms with Crippen LogP contribution in [0.4, 0.5) is 13.2 Å². The summed E-state index contributed by atoms with van der Waals surface area (Å²) in [6.45, 7) is 1.28. The topological polar surface area (TPSA) is 3.24 Å². The van der Waals surface area contributed by atoms with Crippen molar-refractivity contribution in [1.82, 2.24) is 4.90 Å². The van der Waals surface area contributed by atoms with Gasteiger partial charge in [0.2, 0.25) is 0 Å². The van der Waals surface area contributed by atoms with Crippen molar-refractivity contribution >= 4 is 11.8 Å². The van der Waals surface area contributed by atoms with E-state index in [1.807, 2.05) is 11.8 Å². The Kier molecular flexibility index (Phi) is 4.86. The van der Waals surface area contributed by atoms with Crippen LogP contribution >= 0.6 is 11.8 Å². The SMILES string of the molecule is CSC1CCC(N2CCC(C(F)(F)F)CC2)CC1. The van der Waals surface area contributed by atoms with Crippen molar-refractivity contribution in [3.05, 3.63) is 0 Å². The number of rotatable bonds is 2. The maximum atomic E-state index is 12.6. The van der Waals surface area contributed by atoms with Crippen molar-refractivity contribution in [3.8, 4) is 0 Å². The fourth-order valence-electron chi connectivity index (χ4n) is 3.24. The van der Waals surface area contributed by atoms with E-state index in [0.717, 1.165) is 5.25 Å². The molecule has 0 N–H and O–H groups in total. The highest BCUT2D eigenvalue weighted by Gasteiger charge is 2.42. The molecule has 0 radical (unpaired) electrons. The van der Waals surface area contributed by atoms with Crippen LogP contribution in [0.1, 0.15) is 38.5 Å². The van der Waals surface area contributed by atoms with Crippen molar-refractivity contribution in [3.63, 3.8) is 0 Å². The molecule has 2 fully saturated rings. The van der Waals surface area contributed by atoms with Gasteiger partial charge in [-0.25, -0.2) is 0 Å². The van der Waals surface area contributed by atoms with E-state index in [-0.39, 0.29) is 0 Å². The van der Waals surface area contributed by atoms with Crippen molar-refractivity contribution < 1.29 is 13.2 Å². The zero-order valence-corrected chi connectivity index (χ0v) is 11.7. The standard InChI is InChI=1S/C13H22F3NS/c1-18-12-4-2-11(3-5-12)17-8-6-10(7-9-17)13(14,15)16/h10-12H,2-9H2,1H3. The Morgan fingerprint density at radius 2 is 1.50 bits per heavy atom. The van der Waals surface area contributed by atoms with E-state index < -0.39 is 12.1 Å². The predicted octanol–water partition coefficient (Wildman–Crippen LogP) is 3.93. The van der Waals surface area contributed by atoms with Crippen LogP contribution in [0.25, 0.3) is 0 Å². The summed E-state index contributed by atoms with van der Waals surface area (Å²) in [5, 5.41) is 0.772. The summed E-state index contributed by atoms with van der Waals surface area (Å²) in [4.78, 5) is 2.30. The van der Waals surface area contributed by atoms with Crippen LogP contribution in [0.15, 0.2) is 0 Å². The van der Waals surface area contributed by atoms with Gasteiger partial charge in [0, 0.05) is 11.3 Å². The Hall–Kier alpha value is 0.100. The molecule has 0 bridgehead atoms. The van der Waals surface area contributed by atoms with Crippen LogP contribution in [0.3, 0.4) is 0 Å². The van der Waals surface area contributed by atoms with Gasteiger partial charge < -0.3 is 4.90 Å². The van der Waals surface area contributed by atoms with Gasteiger partial charge in [0.1, 0.15) is 0 Å². The number of alkyl halides is 3. The molecule has 18 heavy (non-hydrogen) atoms. The van der Waals surface area contributed by atoms with Gasteiger partial charge in [0.25, 0.3) is 0 Å². The minimum absolute atomic E-state index is 0.298.